The molecule has 0 spiro atoms. The average Bonchev–Trinajstić information content (AvgIpc) is 3.33. The van der Waals surface area contributed by atoms with Crippen molar-refractivity contribution in [2.45, 2.75) is 25.9 Å². The number of amides is 3. The van der Waals surface area contributed by atoms with Gasteiger partial charge in [-0.05, 0) is 57.3 Å². The lowest BCUT2D eigenvalue weighted by molar-refractivity contribution is -0.133. The van der Waals surface area contributed by atoms with Crippen molar-refractivity contribution < 1.29 is 23.7 Å². The number of nitrogens with zero attached hydrogens (tertiary/aromatic N) is 3. The van der Waals surface area contributed by atoms with Crippen molar-refractivity contribution in [3.63, 3.8) is 0 Å². The molecule has 1 unspecified atom stereocenters. The number of likely N-dealkylation sites (N-methyl/N-ethyl adjacent to an activating group) is 1. The first-order valence-electron chi connectivity index (χ1n) is 12.8. The van der Waals surface area contributed by atoms with Gasteiger partial charge in [0.25, 0.3) is 5.91 Å². The molecule has 0 saturated heterocycles. The van der Waals surface area contributed by atoms with Gasteiger partial charge in [-0.2, -0.15) is 0 Å². The third kappa shape index (κ3) is 5.19. The zero-order valence-corrected chi connectivity index (χ0v) is 23.6. The van der Waals surface area contributed by atoms with Crippen LogP contribution in [0, 0.1) is 5.92 Å². The first-order valence-corrected chi connectivity index (χ1v) is 12.8. The number of hydrogen-bond acceptors (Lipinski definition) is 7. The lowest BCUT2D eigenvalue weighted by Crippen LogP contribution is -2.63. The molecule has 2 atom stereocenters. The molecule has 3 aromatic carbocycles. The molecule has 0 aliphatic carbocycles. The maximum absolute atomic E-state index is 14.3. The predicted molar refractivity (Wildman–Crippen MR) is 157 cm³/mol. The Morgan fingerprint density at radius 2 is 1.61 bits per heavy atom. The van der Waals surface area contributed by atoms with Crippen molar-refractivity contribution in [1.82, 2.24) is 10.5 Å². The van der Waals surface area contributed by atoms with E-state index in [-0.39, 0.29) is 31.3 Å². The Morgan fingerprint density at radius 3 is 2.24 bits per heavy atom. The van der Waals surface area contributed by atoms with Gasteiger partial charge in [0.2, 0.25) is 11.8 Å². The Bertz CT molecular complexity index is 1640. The number of nitrogens with two attached hydrogens (primary N) is 1. The molecule has 1 aromatic heterocycles. The van der Waals surface area contributed by atoms with E-state index in [1.165, 1.54) is 16.7 Å². The van der Waals surface area contributed by atoms with Crippen molar-refractivity contribution >= 4 is 58.3 Å². The number of carbonyl (C=O) groups is 4. The van der Waals surface area contributed by atoms with Crippen molar-refractivity contribution in [2.24, 2.45) is 11.7 Å². The first-order chi connectivity index (χ1) is 19.2. The molecule has 0 radical (unpaired) electrons. The molecular weight excluding hydrogens is 546 g/mol. The van der Waals surface area contributed by atoms with Gasteiger partial charge in [-0.25, -0.2) is 0 Å². The maximum atomic E-state index is 14.3. The molecule has 0 saturated carbocycles. The number of anilines is 2. The van der Waals surface area contributed by atoms with Crippen molar-refractivity contribution in [1.29, 1.82) is 0 Å². The summed E-state index contributed by atoms with van der Waals surface area (Å²) in [4.78, 5) is 55.9. The van der Waals surface area contributed by atoms with Crippen molar-refractivity contribution in [2.75, 3.05) is 23.4 Å². The minimum atomic E-state index is -1.49. The summed E-state index contributed by atoms with van der Waals surface area (Å²) in [5, 5.41) is 7.89. The lowest BCUT2D eigenvalue weighted by atomic mass is 9.83. The van der Waals surface area contributed by atoms with Gasteiger partial charge in [0.15, 0.2) is 11.4 Å². The van der Waals surface area contributed by atoms with Crippen LogP contribution in [0.25, 0.3) is 11.0 Å². The van der Waals surface area contributed by atoms with Gasteiger partial charge in [-0.3, -0.25) is 19.2 Å². The quantitative estimate of drug-likeness (QED) is 0.320. The Kier molecular flexibility index (Phi) is 8.27. The number of ketones is 1. The summed E-state index contributed by atoms with van der Waals surface area (Å²) in [6.07, 6.45) is 0. The molecule has 41 heavy (non-hydrogen) atoms. The van der Waals surface area contributed by atoms with Crippen molar-refractivity contribution in [3.8, 4) is 0 Å². The van der Waals surface area contributed by atoms with E-state index in [4.69, 9.17) is 10.3 Å². The fraction of sp³-hybridized carbons (Fsp3) is 0.233. The Hall–Kier alpha value is -4.54. The highest BCUT2D eigenvalue weighted by Gasteiger charge is 2.49. The van der Waals surface area contributed by atoms with Gasteiger partial charge < -0.3 is 25.4 Å². The monoisotopic (exact) mass is 575 g/mol. The number of halogens is 1. The predicted octanol–water partition coefficient (Wildman–Crippen LogP) is 3.73. The number of rotatable bonds is 7. The van der Waals surface area contributed by atoms with Crippen LogP contribution in [-0.4, -0.2) is 47.8 Å². The van der Waals surface area contributed by atoms with Crippen LogP contribution >= 0.6 is 12.4 Å². The maximum Gasteiger partial charge on any atom is 0.258 e. The molecule has 3 amide bonds. The zero-order chi connectivity index (χ0) is 28.6. The fourth-order valence-electron chi connectivity index (χ4n) is 5.05. The molecule has 1 aliphatic heterocycles. The van der Waals surface area contributed by atoms with E-state index >= 15 is 0 Å². The summed E-state index contributed by atoms with van der Waals surface area (Å²) >= 11 is 0. The molecule has 212 valence electrons. The molecule has 11 heteroatoms. The number of Topliss-reactive ketones (excluding diaryl/α,β-unsaturated/α-hetero) is 1. The highest BCUT2D eigenvalue weighted by molar-refractivity contribution is 6.13. The highest BCUT2D eigenvalue weighted by Crippen LogP contribution is 2.39. The van der Waals surface area contributed by atoms with E-state index in [1.807, 2.05) is 18.2 Å². The summed E-state index contributed by atoms with van der Waals surface area (Å²) in [5.74, 6) is -2.70. The number of para-hydroxylation sites is 3. The Morgan fingerprint density at radius 1 is 1.00 bits per heavy atom. The van der Waals surface area contributed by atoms with E-state index < -0.39 is 29.2 Å². The summed E-state index contributed by atoms with van der Waals surface area (Å²) in [7, 11) is 1.55. The van der Waals surface area contributed by atoms with Crippen LogP contribution in [0.5, 0.6) is 0 Å². The molecule has 0 bridgehead atoms. The highest BCUT2D eigenvalue weighted by atomic mass is 35.5. The van der Waals surface area contributed by atoms with Crippen LogP contribution in [-0.2, 0) is 16.1 Å². The molecule has 3 N–H and O–H groups in total. The van der Waals surface area contributed by atoms with Gasteiger partial charge in [0.05, 0.1) is 23.8 Å². The lowest BCUT2D eigenvalue weighted by Gasteiger charge is -2.36. The number of benzene rings is 3. The van der Waals surface area contributed by atoms with Crippen LogP contribution in [0.1, 0.15) is 40.3 Å². The molecule has 2 heterocycles. The number of primary amides is 1. The average molecular weight is 576 g/mol. The third-order valence-corrected chi connectivity index (χ3v) is 7.66. The standard InChI is InChI=1S/C30H29N5O5.ClH/c1-18(36)19-12-14-20(15-13-19)27(37)34-16-22(30(2,32-3)29(31)39)28(38)35(25-10-6-5-9-24(25)34)17-23-21-8-4-7-11-26(21)40-33-23;/h4-15,22,32H,16-17H2,1-3H3,(H2,31,39);1H/t22-,30?;/m1./s1. The first kappa shape index (κ1) is 29.4. The van der Waals surface area contributed by atoms with E-state index in [0.717, 1.165) is 5.39 Å². The number of carbonyl (C=O) groups excluding carboxylic acids is 4. The SMILES string of the molecule is CNC(C)(C(N)=O)[C@@H]1CN(C(=O)c2ccc(C(C)=O)cc2)c2ccccc2N(Cc2noc3ccccc23)C1=O.Cl. The number of nitrogens with one attached hydrogen (secondary N) is 1. The summed E-state index contributed by atoms with van der Waals surface area (Å²) in [6.45, 7) is 2.92. The largest absolute Gasteiger partial charge is 0.368 e. The minimum absolute atomic E-state index is 0. The topological polar surface area (TPSA) is 139 Å². The van der Waals surface area contributed by atoms with Crippen molar-refractivity contribution in [3.05, 3.63) is 89.6 Å². The van der Waals surface area contributed by atoms with E-state index in [2.05, 4.69) is 10.5 Å². The molecule has 4 aromatic rings. The normalized spacial score (nSPS) is 16.4. The molecule has 1 aliphatic rings. The van der Waals surface area contributed by atoms with E-state index in [1.54, 1.807) is 68.6 Å². The smallest absolute Gasteiger partial charge is 0.258 e. The Labute approximate surface area is 242 Å². The van der Waals surface area contributed by atoms with E-state index in [9.17, 15) is 19.2 Å². The Balaban J connectivity index is 0.00000387. The fourth-order valence-corrected chi connectivity index (χ4v) is 5.05. The van der Waals surface area contributed by atoms with Gasteiger partial charge in [0.1, 0.15) is 11.2 Å². The number of hydrogen-bond donors (Lipinski definition) is 2. The molecular formula is C30H30ClN5O5. The van der Waals surface area contributed by atoms with E-state index in [0.29, 0.717) is 33.8 Å². The third-order valence-electron chi connectivity index (χ3n) is 7.66. The molecule has 5 rings (SSSR count). The second-order valence-electron chi connectivity index (χ2n) is 9.96. The van der Waals surface area contributed by atoms with Crippen LogP contribution < -0.4 is 20.9 Å². The van der Waals surface area contributed by atoms with Gasteiger partial charge in [0, 0.05) is 23.1 Å². The van der Waals surface area contributed by atoms with Gasteiger partial charge >= 0.3 is 0 Å². The van der Waals surface area contributed by atoms with Crippen LogP contribution in [0.15, 0.2) is 77.3 Å². The second kappa shape index (κ2) is 11.5. The van der Waals surface area contributed by atoms with Gasteiger partial charge in [-0.1, -0.05) is 41.6 Å². The minimum Gasteiger partial charge on any atom is -0.368 e. The number of fused-ring (bicyclic) bond motifs is 2. The summed E-state index contributed by atoms with van der Waals surface area (Å²) in [5.41, 5.74) is 7.20. The van der Waals surface area contributed by atoms with Crippen LogP contribution in [0.4, 0.5) is 11.4 Å². The molecule has 10 nitrogen and oxygen atoms in total. The number of aromatic nitrogens is 1. The van der Waals surface area contributed by atoms with Crippen LogP contribution in [0.2, 0.25) is 0 Å². The summed E-state index contributed by atoms with van der Waals surface area (Å²) in [6, 6.07) is 20.7. The summed E-state index contributed by atoms with van der Waals surface area (Å²) < 4.78 is 5.48. The second-order valence-corrected chi connectivity index (χ2v) is 9.96. The zero-order valence-electron chi connectivity index (χ0n) is 22.8. The molecule has 0 fully saturated rings. The van der Waals surface area contributed by atoms with Crippen LogP contribution in [0.3, 0.4) is 0 Å². The van der Waals surface area contributed by atoms with Gasteiger partial charge in [-0.15, -0.1) is 12.4 Å².